The molecular formula is C21H24FN3S. The molecule has 0 aliphatic rings. The molecule has 0 fully saturated rings. The number of rotatable bonds is 4. The van der Waals surface area contributed by atoms with Crippen LogP contribution >= 0.6 is 11.8 Å². The van der Waals surface area contributed by atoms with Crippen LogP contribution in [0.2, 0.25) is 0 Å². The molecule has 0 aliphatic carbocycles. The molecule has 3 rings (SSSR count). The van der Waals surface area contributed by atoms with Gasteiger partial charge in [0.2, 0.25) is 0 Å². The summed E-state index contributed by atoms with van der Waals surface area (Å²) in [5.74, 6) is 0.630. The zero-order valence-corrected chi connectivity index (χ0v) is 16.6. The van der Waals surface area contributed by atoms with Crippen molar-refractivity contribution < 1.29 is 4.39 Å². The lowest BCUT2D eigenvalue weighted by atomic mass is 9.87. The smallest absolute Gasteiger partial charge is 0.191 e. The van der Waals surface area contributed by atoms with Crippen molar-refractivity contribution in [3.8, 4) is 11.4 Å². The molecule has 0 amide bonds. The summed E-state index contributed by atoms with van der Waals surface area (Å²) in [7, 11) is 1.98. The van der Waals surface area contributed by atoms with Crippen LogP contribution in [-0.2, 0) is 12.5 Å². The fourth-order valence-electron chi connectivity index (χ4n) is 2.75. The van der Waals surface area contributed by atoms with Gasteiger partial charge in [-0.15, -0.1) is 10.2 Å². The summed E-state index contributed by atoms with van der Waals surface area (Å²) >= 11 is 1.62. The van der Waals surface area contributed by atoms with Crippen molar-refractivity contribution in [2.24, 2.45) is 7.05 Å². The first-order chi connectivity index (χ1) is 12.3. The molecule has 1 heterocycles. The predicted octanol–water partition coefficient (Wildman–Crippen LogP) is 5.77. The number of hydrogen-bond donors (Lipinski definition) is 0. The first-order valence-electron chi connectivity index (χ1n) is 8.68. The molecule has 5 heteroatoms. The van der Waals surface area contributed by atoms with Gasteiger partial charge in [0.1, 0.15) is 5.82 Å². The van der Waals surface area contributed by atoms with Gasteiger partial charge in [-0.3, -0.25) is 0 Å². The highest BCUT2D eigenvalue weighted by Crippen LogP contribution is 2.35. The molecule has 0 N–H and O–H groups in total. The quantitative estimate of drug-likeness (QED) is 0.547. The molecular weight excluding hydrogens is 345 g/mol. The van der Waals surface area contributed by atoms with E-state index in [2.05, 4.69) is 62.2 Å². The minimum Gasteiger partial charge on any atom is -0.305 e. The molecule has 0 unspecified atom stereocenters. The fourth-order valence-corrected chi connectivity index (χ4v) is 3.69. The van der Waals surface area contributed by atoms with E-state index in [1.165, 1.54) is 17.7 Å². The molecule has 0 bridgehead atoms. The van der Waals surface area contributed by atoms with E-state index in [1.54, 1.807) is 11.8 Å². The molecule has 0 spiro atoms. The summed E-state index contributed by atoms with van der Waals surface area (Å²) in [6.07, 6.45) is 0. The highest BCUT2D eigenvalue weighted by atomic mass is 32.2. The van der Waals surface area contributed by atoms with Crippen LogP contribution in [0.1, 0.15) is 44.1 Å². The SMILES string of the molecule is C[C@@H](Sc1nnc(-c2ccc(C(C)(C)C)cc2)n1C)c1ccc(F)cc1. The van der Waals surface area contributed by atoms with E-state index < -0.39 is 0 Å². The van der Waals surface area contributed by atoms with Gasteiger partial charge in [0.15, 0.2) is 11.0 Å². The largest absolute Gasteiger partial charge is 0.305 e. The van der Waals surface area contributed by atoms with Crippen LogP contribution in [0.5, 0.6) is 0 Å². The van der Waals surface area contributed by atoms with Gasteiger partial charge < -0.3 is 4.57 Å². The molecule has 0 saturated carbocycles. The number of benzene rings is 2. The van der Waals surface area contributed by atoms with Gasteiger partial charge in [0.05, 0.1) is 0 Å². The van der Waals surface area contributed by atoms with Gasteiger partial charge in [-0.05, 0) is 35.6 Å². The van der Waals surface area contributed by atoms with E-state index in [0.717, 1.165) is 22.1 Å². The van der Waals surface area contributed by atoms with Crippen molar-refractivity contribution in [2.75, 3.05) is 0 Å². The Kier molecular flexibility index (Phi) is 5.19. The second-order valence-electron chi connectivity index (χ2n) is 7.50. The van der Waals surface area contributed by atoms with Gasteiger partial charge >= 0.3 is 0 Å². The van der Waals surface area contributed by atoms with Crippen molar-refractivity contribution in [1.82, 2.24) is 14.8 Å². The highest BCUT2D eigenvalue weighted by Gasteiger charge is 2.17. The van der Waals surface area contributed by atoms with Crippen molar-refractivity contribution in [1.29, 1.82) is 0 Å². The van der Waals surface area contributed by atoms with Crippen LogP contribution in [0.15, 0.2) is 53.7 Å². The second-order valence-corrected chi connectivity index (χ2v) is 8.81. The van der Waals surface area contributed by atoms with E-state index >= 15 is 0 Å². The van der Waals surface area contributed by atoms with Crippen molar-refractivity contribution in [3.63, 3.8) is 0 Å². The Hall–Kier alpha value is -2.14. The molecule has 136 valence electrons. The number of nitrogens with zero attached hydrogens (tertiary/aromatic N) is 3. The van der Waals surface area contributed by atoms with Crippen LogP contribution in [-0.4, -0.2) is 14.8 Å². The Balaban J connectivity index is 1.80. The third-order valence-electron chi connectivity index (χ3n) is 4.47. The lowest BCUT2D eigenvalue weighted by Crippen LogP contribution is -2.10. The lowest BCUT2D eigenvalue weighted by molar-refractivity contribution is 0.590. The summed E-state index contributed by atoms with van der Waals surface area (Å²) in [5.41, 5.74) is 3.54. The zero-order valence-electron chi connectivity index (χ0n) is 15.8. The first kappa shape index (κ1) is 18.6. The van der Waals surface area contributed by atoms with E-state index in [0.29, 0.717) is 0 Å². The molecule has 3 aromatic rings. The molecule has 1 aromatic heterocycles. The number of halogens is 1. The van der Waals surface area contributed by atoms with E-state index in [1.807, 2.05) is 23.7 Å². The number of thioether (sulfide) groups is 1. The van der Waals surface area contributed by atoms with E-state index in [4.69, 9.17) is 0 Å². The highest BCUT2D eigenvalue weighted by molar-refractivity contribution is 7.99. The van der Waals surface area contributed by atoms with Crippen LogP contribution in [0.4, 0.5) is 4.39 Å². The molecule has 2 aromatic carbocycles. The topological polar surface area (TPSA) is 30.7 Å². The average Bonchev–Trinajstić information content (AvgIpc) is 2.95. The van der Waals surface area contributed by atoms with Gasteiger partial charge in [-0.25, -0.2) is 4.39 Å². The Labute approximate surface area is 158 Å². The standard InChI is InChI=1S/C21H24FN3S/c1-14(15-8-12-18(22)13-9-15)26-20-24-23-19(25(20)5)16-6-10-17(11-7-16)21(2,3)4/h6-14H,1-5H3/t14-/m1/s1. The van der Waals surface area contributed by atoms with Gasteiger partial charge in [0.25, 0.3) is 0 Å². The monoisotopic (exact) mass is 369 g/mol. The van der Waals surface area contributed by atoms with Crippen molar-refractivity contribution in [2.45, 2.75) is 43.5 Å². The maximum atomic E-state index is 13.1. The van der Waals surface area contributed by atoms with E-state index in [-0.39, 0.29) is 16.5 Å². The predicted molar refractivity (Wildman–Crippen MR) is 106 cm³/mol. The second kappa shape index (κ2) is 7.23. The maximum Gasteiger partial charge on any atom is 0.191 e. The van der Waals surface area contributed by atoms with Gasteiger partial charge in [-0.1, -0.05) is 68.9 Å². The minimum absolute atomic E-state index is 0.129. The molecule has 1 atom stereocenters. The molecule has 0 radical (unpaired) electrons. The minimum atomic E-state index is -0.217. The van der Waals surface area contributed by atoms with Crippen molar-refractivity contribution in [3.05, 3.63) is 65.5 Å². The normalized spacial score (nSPS) is 13.0. The average molecular weight is 370 g/mol. The zero-order chi connectivity index (χ0) is 18.9. The Morgan fingerprint density at radius 2 is 1.58 bits per heavy atom. The number of aromatic nitrogens is 3. The maximum absolute atomic E-state index is 13.1. The molecule has 3 nitrogen and oxygen atoms in total. The Morgan fingerprint density at radius 3 is 2.15 bits per heavy atom. The van der Waals surface area contributed by atoms with Gasteiger partial charge in [-0.2, -0.15) is 0 Å². The Bertz CT molecular complexity index is 877. The van der Waals surface area contributed by atoms with Crippen LogP contribution in [0.3, 0.4) is 0 Å². The fraction of sp³-hybridized carbons (Fsp3) is 0.333. The third kappa shape index (κ3) is 3.98. The molecule has 26 heavy (non-hydrogen) atoms. The Morgan fingerprint density at radius 1 is 0.962 bits per heavy atom. The number of hydrogen-bond acceptors (Lipinski definition) is 3. The third-order valence-corrected chi connectivity index (χ3v) is 5.66. The van der Waals surface area contributed by atoms with E-state index in [9.17, 15) is 4.39 Å². The van der Waals surface area contributed by atoms with Crippen LogP contribution in [0, 0.1) is 5.82 Å². The first-order valence-corrected chi connectivity index (χ1v) is 9.56. The van der Waals surface area contributed by atoms with Crippen LogP contribution < -0.4 is 0 Å². The summed E-state index contributed by atoms with van der Waals surface area (Å²) in [5, 5.41) is 9.72. The lowest BCUT2D eigenvalue weighted by Gasteiger charge is -2.19. The van der Waals surface area contributed by atoms with Crippen LogP contribution in [0.25, 0.3) is 11.4 Å². The van der Waals surface area contributed by atoms with Crippen molar-refractivity contribution >= 4 is 11.8 Å². The molecule has 0 aliphatic heterocycles. The summed E-state index contributed by atoms with van der Waals surface area (Å²) < 4.78 is 15.1. The summed E-state index contributed by atoms with van der Waals surface area (Å²) in [6.45, 7) is 8.70. The summed E-state index contributed by atoms with van der Waals surface area (Å²) in [6, 6.07) is 15.1. The molecule has 0 saturated heterocycles. The van der Waals surface area contributed by atoms with Gasteiger partial charge in [0, 0.05) is 17.9 Å². The summed E-state index contributed by atoms with van der Waals surface area (Å²) in [4.78, 5) is 0.